The van der Waals surface area contributed by atoms with E-state index in [1.54, 1.807) is 24.3 Å². The van der Waals surface area contributed by atoms with E-state index in [2.05, 4.69) is 4.90 Å². The second-order valence-corrected chi connectivity index (χ2v) is 9.45. The Morgan fingerprint density at radius 1 is 1.00 bits per heavy atom. The zero-order valence-electron chi connectivity index (χ0n) is 17.8. The molecule has 0 fully saturated rings. The molecule has 2 aliphatic heterocycles. The summed E-state index contributed by atoms with van der Waals surface area (Å²) in [5.41, 5.74) is 4.25. The number of hydrogen-bond donors (Lipinski definition) is 0. The van der Waals surface area contributed by atoms with Gasteiger partial charge in [-0.15, -0.1) is 0 Å². The van der Waals surface area contributed by atoms with Crippen LogP contribution >= 0.6 is 34.8 Å². The quantitative estimate of drug-likeness (QED) is 0.363. The van der Waals surface area contributed by atoms with E-state index >= 15 is 0 Å². The highest BCUT2D eigenvalue weighted by molar-refractivity contribution is 6.35. The summed E-state index contributed by atoms with van der Waals surface area (Å²) in [4.78, 5) is 15.3. The standard InChI is InChI=1S/C26H20Cl3NO3/c1-15-25-18(13-30(14-32-25)9-8-16-2-5-19(27)6-3-16)10-21-24(31)23(33-26(15)21)11-17-4-7-20(28)12-22(17)29/h2-7,10-12H,8-9,13-14H2,1H3/b23-11-. The number of hydrogen-bond acceptors (Lipinski definition) is 4. The van der Waals surface area contributed by atoms with Gasteiger partial charge in [-0.1, -0.05) is 53.0 Å². The minimum Gasteiger partial charge on any atom is -0.477 e. The van der Waals surface area contributed by atoms with E-state index in [9.17, 15) is 4.79 Å². The summed E-state index contributed by atoms with van der Waals surface area (Å²) in [6.45, 7) is 3.94. The zero-order chi connectivity index (χ0) is 23.1. The molecule has 0 atom stereocenters. The molecule has 5 rings (SSSR count). The zero-order valence-corrected chi connectivity index (χ0v) is 20.1. The van der Waals surface area contributed by atoms with Crippen molar-refractivity contribution in [1.82, 2.24) is 4.90 Å². The Bertz CT molecular complexity index is 1280. The average molecular weight is 501 g/mol. The van der Waals surface area contributed by atoms with E-state index in [4.69, 9.17) is 44.3 Å². The van der Waals surface area contributed by atoms with Gasteiger partial charge in [0.05, 0.1) is 5.56 Å². The molecule has 0 saturated heterocycles. The minimum atomic E-state index is -0.166. The number of carbonyl (C=O) groups is 1. The van der Waals surface area contributed by atoms with Gasteiger partial charge in [-0.2, -0.15) is 0 Å². The number of fused-ring (bicyclic) bond motifs is 2. The van der Waals surface area contributed by atoms with Gasteiger partial charge < -0.3 is 9.47 Å². The van der Waals surface area contributed by atoms with Crippen molar-refractivity contribution in [2.45, 2.75) is 19.9 Å². The van der Waals surface area contributed by atoms with Gasteiger partial charge in [-0.3, -0.25) is 9.69 Å². The van der Waals surface area contributed by atoms with Gasteiger partial charge in [0.15, 0.2) is 5.76 Å². The average Bonchev–Trinajstić information content (AvgIpc) is 3.11. The molecule has 0 aromatic heterocycles. The second kappa shape index (κ2) is 9.03. The number of carbonyl (C=O) groups excluding carboxylic acids is 1. The third kappa shape index (κ3) is 4.49. The first-order valence-corrected chi connectivity index (χ1v) is 11.7. The predicted octanol–water partition coefficient (Wildman–Crippen LogP) is 6.97. The normalized spacial score (nSPS) is 16.4. The van der Waals surface area contributed by atoms with Crippen molar-refractivity contribution in [2.24, 2.45) is 0 Å². The topological polar surface area (TPSA) is 38.8 Å². The van der Waals surface area contributed by atoms with Crippen molar-refractivity contribution in [1.29, 1.82) is 0 Å². The number of allylic oxidation sites excluding steroid dienone is 1. The number of nitrogens with zero attached hydrogens (tertiary/aromatic N) is 1. The number of ether oxygens (including phenoxy) is 2. The second-order valence-electron chi connectivity index (χ2n) is 8.17. The molecule has 0 aliphatic carbocycles. The van der Waals surface area contributed by atoms with Crippen molar-refractivity contribution >= 4 is 46.7 Å². The SMILES string of the molecule is Cc1c2c(cc3c1O/C(=C\c1ccc(Cl)cc1Cl)C3=O)CN(CCc1ccc(Cl)cc1)CO2. The van der Waals surface area contributed by atoms with Crippen LogP contribution in [0.2, 0.25) is 15.1 Å². The Morgan fingerprint density at radius 3 is 2.52 bits per heavy atom. The molecular weight excluding hydrogens is 481 g/mol. The highest BCUT2D eigenvalue weighted by Gasteiger charge is 2.33. The molecule has 33 heavy (non-hydrogen) atoms. The maximum Gasteiger partial charge on any atom is 0.231 e. The van der Waals surface area contributed by atoms with Gasteiger partial charge in [0.25, 0.3) is 0 Å². The van der Waals surface area contributed by atoms with Gasteiger partial charge >= 0.3 is 0 Å². The van der Waals surface area contributed by atoms with Crippen LogP contribution in [0.4, 0.5) is 0 Å². The smallest absolute Gasteiger partial charge is 0.231 e. The van der Waals surface area contributed by atoms with Crippen LogP contribution in [0.15, 0.2) is 54.3 Å². The third-order valence-electron chi connectivity index (χ3n) is 5.88. The van der Waals surface area contributed by atoms with Crippen molar-refractivity contribution in [2.75, 3.05) is 13.3 Å². The Kier molecular flexibility index (Phi) is 6.11. The molecular formula is C26H20Cl3NO3. The molecule has 2 heterocycles. The maximum atomic E-state index is 13.1. The molecule has 2 aliphatic rings. The van der Waals surface area contributed by atoms with Crippen LogP contribution in [0.3, 0.4) is 0 Å². The van der Waals surface area contributed by atoms with Gasteiger partial charge in [-0.25, -0.2) is 0 Å². The Hall–Kier alpha value is -2.50. The van der Waals surface area contributed by atoms with Crippen LogP contribution in [0.25, 0.3) is 6.08 Å². The van der Waals surface area contributed by atoms with Gasteiger partial charge in [0.2, 0.25) is 5.78 Å². The van der Waals surface area contributed by atoms with Gasteiger partial charge in [0, 0.05) is 39.3 Å². The van der Waals surface area contributed by atoms with Gasteiger partial charge in [0.1, 0.15) is 18.2 Å². The molecule has 0 spiro atoms. The van der Waals surface area contributed by atoms with E-state index in [0.717, 1.165) is 34.9 Å². The fourth-order valence-electron chi connectivity index (χ4n) is 4.14. The highest BCUT2D eigenvalue weighted by Crippen LogP contribution is 2.43. The predicted molar refractivity (Wildman–Crippen MR) is 132 cm³/mol. The van der Waals surface area contributed by atoms with Crippen LogP contribution in [-0.2, 0) is 13.0 Å². The van der Waals surface area contributed by atoms with E-state index in [-0.39, 0.29) is 11.5 Å². The summed E-state index contributed by atoms with van der Waals surface area (Å²) in [6.07, 6.45) is 2.54. The van der Waals surface area contributed by atoms with Crippen LogP contribution in [0.5, 0.6) is 11.5 Å². The number of benzene rings is 3. The lowest BCUT2D eigenvalue weighted by molar-refractivity contribution is 0.0954. The van der Waals surface area contributed by atoms with Crippen molar-refractivity contribution in [3.8, 4) is 11.5 Å². The van der Waals surface area contributed by atoms with Crippen molar-refractivity contribution in [3.63, 3.8) is 0 Å². The number of halogens is 3. The molecule has 7 heteroatoms. The fraction of sp³-hybridized carbons (Fsp3) is 0.192. The summed E-state index contributed by atoms with van der Waals surface area (Å²) in [7, 11) is 0. The summed E-state index contributed by atoms with van der Waals surface area (Å²) >= 11 is 18.2. The van der Waals surface area contributed by atoms with E-state index in [1.165, 1.54) is 5.56 Å². The highest BCUT2D eigenvalue weighted by atomic mass is 35.5. The minimum absolute atomic E-state index is 0.166. The third-order valence-corrected chi connectivity index (χ3v) is 6.70. The summed E-state index contributed by atoms with van der Waals surface area (Å²) in [6, 6.07) is 14.9. The monoisotopic (exact) mass is 499 g/mol. The fourth-order valence-corrected chi connectivity index (χ4v) is 4.73. The Labute approximate surface area is 207 Å². The lowest BCUT2D eigenvalue weighted by Gasteiger charge is -2.30. The van der Waals surface area contributed by atoms with Crippen LogP contribution < -0.4 is 9.47 Å². The van der Waals surface area contributed by atoms with Crippen molar-refractivity contribution in [3.05, 3.63) is 97.2 Å². The first-order chi connectivity index (χ1) is 15.9. The van der Waals surface area contributed by atoms with Crippen LogP contribution in [-0.4, -0.2) is 24.0 Å². The molecule has 0 radical (unpaired) electrons. The number of rotatable bonds is 4. The lowest BCUT2D eigenvalue weighted by Crippen LogP contribution is -2.34. The molecule has 0 unspecified atom stereocenters. The first-order valence-electron chi connectivity index (χ1n) is 10.5. The molecule has 3 aromatic rings. The Morgan fingerprint density at radius 2 is 1.76 bits per heavy atom. The van der Waals surface area contributed by atoms with Gasteiger partial charge in [-0.05, 0) is 60.9 Å². The number of Topliss-reactive ketones (excluding diaryl/α,β-unsaturated/α-hetero) is 1. The molecule has 0 N–H and O–H groups in total. The molecule has 3 aromatic carbocycles. The number of ketones is 1. The lowest BCUT2D eigenvalue weighted by atomic mass is 10.00. The summed E-state index contributed by atoms with van der Waals surface area (Å²) < 4.78 is 12.0. The molecule has 0 amide bonds. The van der Waals surface area contributed by atoms with E-state index in [0.29, 0.717) is 40.2 Å². The maximum absolute atomic E-state index is 13.1. The summed E-state index contributed by atoms with van der Waals surface area (Å²) in [5.74, 6) is 1.40. The Balaban J connectivity index is 1.36. The largest absolute Gasteiger partial charge is 0.477 e. The molecule has 4 nitrogen and oxygen atoms in total. The van der Waals surface area contributed by atoms with Crippen molar-refractivity contribution < 1.29 is 14.3 Å². The summed E-state index contributed by atoms with van der Waals surface area (Å²) in [5, 5.41) is 1.72. The van der Waals surface area contributed by atoms with Crippen LogP contribution in [0, 0.1) is 6.92 Å². The van der Waals surface area contributed by atoms with Crippen LogP contribution in [0.1, 0.15) is 32.6 Å². The molecule has 0 bridgehead atoms. The van der Waals surface area contributed by atoms with E-state index < -0.39 is 0 Å². The van der Waals surface area contributed by atoms with E-state index in [1.807, 2.05) is 37.3 Å². The molecule has 168 valence electrons. The molecule has 0 saturated carbocycles. The first kappa shape index (κ1) is 22.3.